The normalized spacial score (nSPS) is 20.8. The first-order valence-electron chi connectivity index (χ1n) is 9.98. The second-order valence-electron chi connectivity index (χ2n) is 7.76. The Bertz CT molecular complexity index is 693. The molecule has 5 nitrogen and oxygen atoms in total. The van der Waals surface area contributed by atoms with Crippen molar-refractivity contribution in [1.82, 2.24) is 9.80 Å². The Balaban J connectivity index is 1.63. The van der Waals surface area contributed by atoms with E-state index in [0.29, 0.717) is 13.1 Å². The monoisotopic (exact) mass is 370 g/mol. The second kappa shape index (κ2) is 8.59. The van der Waals surface area contributed by atoms with Gasteiger partial charge in [-0.1, -0.05) is 32.6 Å². The van der Waals surface area contributed by atoms with E-state index in [0.717, 1.165) is 43.5 Å². The minimum atomic E-state index is -0.00779. The maximum Gasteiger partial charge on any atom is 0.245 e. The van der Waals surface area contributed by atoms with Crippen molar-refractivity contribution in [1.29, 1.82) is 0 Å². The molecular weight excluding hydrogens is 340 g/mol. The lowest BCUT2D eigenvalue weighted by Crippen LogP contribution is -2.41. The van der Waals surface area contributed by atoms with Gasteiger partial charge in [-0.15, -0.1) is 0 Å². The number of hydrogen-bond acceptors (Lipinski definition) is 3. The molecule has 0 bridgehead atoms. The number of rotatable bonds is 5. The number of ether oxygens (including phenoxy) is 1. The van der Waals surface area contributed by atoms with Crippen molar-refractivity contribution in [2.75, 3.05) is 19.6 Å². The van der Waals surface area contributed by atoms with Gasteiger partial charge in [-0.05, 0) is 36.6 Å². The molecule has 5 heteroatoms. The third-order valence-corrected chi connectivity index (χ3v) is 5.50. The second-order valence-corrected chi connectivity index (χ2v) is 7.76. The first-order valence-corrected chi connectivity index (χ1v) is 9.98. The SMILES string of the molecule is C=CC(=O)N1CCC(Oc2cccc(C3CCCN3C(=O)C(C)C)c2)CC1. The summed E-state index contributed by atoms with van der Waals surface area (Å²) < 4.78 is 6.19. The fourth-order valence-electron chi connectivity index (χ4n) is 4.02. The molecule has 1 aromatic carbocycles. The largest absolute Gasteiger partial charge is 0.490 e. The topological polar surface area (TPSA) is 49.9 Å². The quantitative estimate of drug-likeness (QED) is 0.745. The number of amides is 2. The molecule has 1 aromatic rings. The fraction of sp³-hybridized carbons (Fsp3) is 0.545. The number of benzene rings is 1. The van der Waals surface area contributed by atoms with E-state index in [4.69, 9.17) is 4.74 Å². The van der Waals surface area contributed by atoms with Crippen LogP contribution in [0.4, 0.5) is 0 Å². The van der Waals surface area contributed by atoms with Crippen molar-refractivity contribution in [3.05, 3.63) is 42.5 Å². The van der Waals surface area contributed by atoms with Crippen molar-refractivity contribution in [3.63, 3.8) is 0 Å². The van der Waals surface area contributed by atoms with Gasteiger partial charge in [-0.3, -0.25) is 9.59 Å². The fourth-order valence-corrected chi connectivity index (χ4v) is 4.02. The lowest BCUT2D eigenvalue weighted by Gasteiger charge is -2.32. The summed E-state index contributed by atoms with van der Waals surface area (Å²) in [5.41, 5.74) is 1.15. The van der Waals surface area contributed by atoms with Crippen LogP contribution >= 0.6 is 0 Å². The standard InChI is InChI=1S/C22H30N2O3/c1-4-21(25)23-13-10-18(11-14-23)27-19-8-5-7-17(15-19)20-9-6-12-24(20)22(26)16(2)3/h4-5,7-8,15-16,18,20H,1,6,9-14H2,2-3H3. The number of piperidine rings is 1. The molecule has 2 amide bonds. The minimum absolute atomic E-state index is 0.00779. The van der Waals surface area contributed by atoms with E-state index in [1.807, 2.05) is 35.8 Å². The van der Waals surface area contributed by atoms with Crippen LogP contribution in [0.3, 0.4) is 0 Å². The molecule has 2 aliphatic rings. The molecule has 0 saturated carbocycles. The highest BCUT2D eigenvalue weighted by molar-refractivity contribution is 5.87. The summed E-state index contributed by atoms with van der Waals surface area (Å²) in [7, 11) is 0. The van der Waals surface area contributed by atoms with Crippen LogP contribution in [0.5, 0.6) is 5.75 Å². The van der Waals surface area contributed by atoms with Crippen LogP contribution < -0.4 is 4.74 Å². The minimum Gasteiger partial charge on any atom is -0.490 e. The summed E-state index contributed by atoms with van der Waals surface area (Å²) in [6.45, 7) is 9.71. The molecule has 146 valence electrons. The van der Waals surface area contributed by atoms with E-state index in [1.54, 1.807) is 0 Å². The summed E-state index contributed by atoms with van der Waals surface area (Å²) in [6.07, 6.45) is 5.19. The molecule has 2 fully saturated rings. The summed E-state index contributed by atoms with van der Waals surface area (Å²) in [6, 6.07) is 8.31. The van der Waals surface area contributed by atoms with Crippen LogP contribution in [0.25, 0.3) is 0 Å². The van der Waals surface area contributed by atoms with Crippen molar-refractivity contribution in [3.8, 4) is 5.75 Å². The number of carbonyl (C=O) groups is 2. The predicted molar refractivity (Wildman–Crippen MR) is 105 cm³/mol. The van der Waals surface area contributed by atoms with Gasteiger partial charge in [-0.25, -0.2) is 0 Å². The lowest BCUT2D eigenvalue weighted by molar-refractivity contribution is -0.135. The Labute approximate surface area is 162 Å². The highest BCUT2D eigenvalue weighted by atomic mass is 16.5. The highest BCUT2D eigenvalue weighted by Gasteiger charge is 2.31. The van der Waals surface area contributed by atoms with Gasteiger partial charge in [0.05, 0.1) is 6.04 Å². The zero-order valence-corrected chi connectivity index (χ0v) is 16.4. The van der Waals surface area contributed by atoms with Crippen LogP contribution in [0, 0.1) is 5.92 Å². The average Bonchev–Trinajstić information content (AvgIpc) is 3.17. The molecule has 1 atom stereocenters. The first kappa shape index (κ1) is 19.5. The van der Waals surface area contributed by atoms with Crippen molar-refractivity contribution in [2.45, 2.75) is 51.7 Å². The molecule has 0 aromatic heterocycles. The van der Waals surface area contributed by atoms with E-state index in [-0.39, 0.29) is 29.9 Å². The highest BCUT2D eigenvalue weighted by Crippen LogP contribution is 2.34. The van der Waals surface area contributed by atoms with E-state index < -0.39 is 0 Å². The molecular formula is C22H30N2O3. The lowest BCUT2D eigenvalue weighted by atomic mass is 10.0. The molecule has 3 rings (SSSR count). The van der Waals surface area contributed by atoms with Gasteiger partial charge < -0.3 is 14.5 Å². The Morgan fingerprint density at radius 2 is 1.93 bits per heavy atom. The number of hydrogen-bond donors (Lipinski definition) is 0. The van der Waals surface area contributed by atoms with Crippen molar-refractivity contribution in [2.24, 2.45) is 5.92 Å². The van der Waals surface area contributed by atoms with Crippen LogP contribution in [0.1, 0.15) is 51.1 Å². The third kappa shape index (κ3) is 4.52. The van der Waals surface area contributed by atoms with Crippen molar-refractivity contribution >= 4 is 11.8 Å². The van der Waals surface area contributed by atoms with E-state index in [9.17, 15) is 9.59 Å². The van der Waals surface area contributed by atoms with Crippen LogP contribution in [0.2, 0.25) is 0 Å². The summed E-state index contributed by atoms with van der Waals surface area (Å²) in [5, 5.41) is 0. The molecule has 1 unspecified atom stereocenters. The predicted octanol–water partition coefficient (Wildman–Crippen LogP) is 3.56. The maximum atomic E-state index is 12.5. The number of likely N-dealkylation sites (tertiary alicyclic amines) is 2. The molecule has 0 spiro atoms. The maximum absolute atomic E-state index is 12.5. The Kier molecular flexibility index (Phi) is 6.19. The van der Waals surface area contributed by atoms with Gasteiger partial charge in [0, 0.05) is 38.4 Å². The zero-order valence-electron chi connectivity index (χ0n) is 16.4. The Morgan fingerprint density at radius 1 is 1.19 bits per heavy atom. The summed E-state index contributed by atoms with van der Waals surface area (Å²) in [5.74, 6) is 1.09. The van der Waals surface area contributed by atoms with E-state index in [1.165, 1.54) is 6.08 Å². The van der Waals surface area contributed by atoms with Gasteiger partial charge >= 0.3 is 0 Å². The molecule has 0 N–H and O–H groups in total. The van der Waals surface area contributed by atoms with Crippen LogP contribution in [-0.4, -0.2) is 47.4 Å². The summed E-state index contributed by atoms with van der Waals surface area (Å²) in [4.78, 5) is 28.0. The first-order chi connectivity index (χ1) is 13.0. The van der Waals surface area contributed by atoms with Gasteiger partial charge in [0.1, 0.15) is 11.9 Å². The third-order valence-electron chi connectivity index (χ3n) is 5.50. The number of nitrogens with zero attached hydrogens (tertiary/aromatic N) is 2. The molecule has 2 aliphatic heterocycles. The zero-order chi connectivity index (χ0) is 19.4. The Morgan fingerprint density at radius 3 is 2.59 bits per heavy atom. The Hall–Kier alpha value is -2.30. The van der Waals surface area contributed by atoms with E-state index >= 15 is 0 Å². The van der Waals surface area contributed by atoms with Crippen LogP contribution in [-0.2, 0) is 9.59 Å². The molecule has 27 heavy (non-hydrogen) atoms. The van der Waals surface area contributed by atoms with Gasteiger partial charge in [0.15, 0.2) is 0 Å². The number of carbonyl (C=O) groups excluding carboxylic acids is 2. The van der Waals surface area contributed by atoms with Gasteiger partial charge in [0.25, 0.3) is 0 Å². The molecule has 2 saturated heterocycles. The van der Waals surface area contributed by atoms with Crippen LogP contribution in [0.15, 0.2) is 36.9 Å². The van der Waals surface area contributed by atoms with Gasteiger partial charge in [-0.2, -0.15) is 0 Å². The average molecular weight is 370 g/mol. The smallest absolute Gasteiger partial charge is 0.245 e. The summed E-state index contributed by atoms with van der Waals surface area (Å²) >= 11 is 0. The molecule has 0 aliphatic carbocycles. The van der Waals surface area contributed by atoms with Crippen molar-refractivity contribution < 1.29 is 14.3 Å². The molecule has 0 radical (unpaired) electrons. The molecule has 2 heterocycles. The van der Waals surface area contributed by atoms with E-state index in [2.05, 4.69) is 18.7 Å². The van der Waals surface area contributed by atoms with Gasteiger partial charge in [0.2, 0.25) is 11.8 Å².